The highest BCUT2D eigenvalue weighted by atomic mass is 35.5. The van der Waals surface area contributed by atoms with E-state index in [-0.39, 0.29) is 30.1 Å². The second-order valence-electron chi connectivity index (χ2n) is 4.45. The standard InChI is InChI=1S/C11H23N3O2.ClH/c1-8(2)10(12)11(16)13-7-5-6-9(15)14(3)4;/h8,10H,5-7,12H2,1-4H3,(H,13,16);1H/t10-;/m0./s1. The minimum Gasteiger partial charge on any atom is -0.355 e. The molecule has 0 heterocycles. The summed E-state index contributed by atoms with van der Waals surface area (Å²) in [5.74, 6) is 0.0538. The summed E-state index contributed by atoms with van der Waals surface area (Å²) < 4.78 is 0. The Balaban J connectivity index is 0. The number of rotatable bonds is 6. The number of nitrogens with one attached hydrogen (secondary N) is 1. The Labute approximate surface area is 110 Å². The zero-order valence-electron chi connectivity index (χ0n) is 11.0. The van der Waals surface area contributed by atoms with Crippen LogP contribution in [0.25, 0.3) is 0 Å². The van der Waals surface area contributed by atoms with E-state index in [0.717, 1.165) is 0 Å². The number of carbonyl (C=O) groups excluding carboxylic acids is 2. The summed E-state index contributed by atoms with van der Waals surface area (Å²) >= 11 is 0. The molecule has 0 unspecified atom stereocenters. The molecule has 0 radical (unpaired) electrons. The first-order chi connectivity index (χ1) is 7.36. The van der Waals surface area contributed by atoms with Crippen LogP contribution in [0.15, 0.2) is 0 Å². The van der Waals surface area contributed by atoms with Gasteiger partial charge in [0, 0.05) is 27.1 Å². The minimum absolute atomic E-state index is 0. The van der Waals surface area contributed by atoms with E-state index >= 15 is 0 Å². The summed E-state index contributed by atoms with van der Waals surface area (Å²) in [6, 6.07) is -0.468. The van der Waals surface area contributed by atoms with Crippen LogP contribution in [-0.2, 0) is 9.59 Å². The molecule has 1 atom stereocenters. The third kappa shape index (κ3) is 7.99. The number of hydrogen-bond donors (Lipinski definition) is 2. The molecule has 0 aromatic rings. The van der Waals surface area contributed by atoms with E-state index in [1.165, 1.54) is 0 Å². The van der Waals surface area contributed by atoms with Crippen molar-refractivity contribution >= 4 is 24.2 Å². The van der Waals surface area contributed by atoms with Crippen LogP contribution in [0.1, 0.15) is 26.7 Å². The number of carbonyl (C=O) groups is 2. The first-order valence-corrected chi connectivity index (χ1v) is 5.59. The van der Waals surface area contributed by atoms with Gasteiger partial charge in [0.15, 0.2) is 0 Å². The quantitative estimate of drug-likeness (QED) is 0.682. The van der Waals surface area contributed by atoms with Crippen molar-refractivity contribution in [3.8, 4) is 0 Å². The van der Waals surface area contributed by atoms with Gasteiger partial charge in [-0.05, 0) is 12.3 Å². The zero-order valence-corrected chi connectivity index (χ0v) is 11.8. The van der Waals surface area contributed by atoms with E-state index in [9.17, 15) is 9.59 Å². The van der Waals surface area contributed by atoms with Crippen LogP contribution in [0.3, 0.4) is 0 Å². The van der Waals surface area contributed by atoms with Gasteiger partial charge in [0.05, 0.1) is 6.04 Å². The van der Waals surface area contributed by atoms with Crippen LogP contribution in [0, 0.1) is 5.92 Å². The van der Waals surface area contributed by atoms with Crippen molar-refractivity contribution in [2.75, 3.05) is 20.6 Å². The number of nitrogens with two attached hydrogens (primary N) is 1. The van der Waals surface area contributed by atoms with E-state index in [1.54, 1.807) is 19.0 Å². The predicted octanol–water partition coefficient (Wildman–Crippen LogP) is 0.376. The van der Waals surface area contributed by atoms with Gasteiger partial charge in [-0.2, -0.15) is 0 Å². The van der Waals surface area contributed by atoms with Gasteiger partial charge in [0.2, 0.25) is 11.8 Å². The predicted molar refractivity (Wildman–Crippen MR) is 71.0 cm³/mol. The van der Waals surface area contributed by atoms with Crippen molar-refractivity contribution < 1.29 is 9.59 Å². The molecule has 6 heteroatoms. The van der Waals surface area contributed by atoms with Crippen LogP contribution in [0.4, 0.5) is 0 Å². The first kappa shape index (κ1) is 18.6. The van der Waals surface area contributed by atoms with Crippen molar-refractivity contribution in [3.05, 3.63) is 0 Å². The van der Waals surface area contributed by atoms with Crippen molar-refractivity contribution in [3.63, 3.8) is 0 Å². The average molecular weight is 266 g/mol. The van der Waals surface area contributed by atoms with Crippen molar-refractivity contribution in [1.29, 1.82) is 0 Å². The molecule has 0 aliphatic rings. The molecular weight excluding hydrogens is 242 g/mol. The highest BCUT2D eigenvalue weighted by molar-refractivity contribution is 5.85. The van der Waals surface area contributed by atoms with Gasteiger partial charge in [-0.15, -0.1) is 12.4 Å². The van der Waals surface area contributed by atoms with Crippen molar-refractivity contribution in [1.82, 2.24) is 10.2 Å². The molecule has 17 heavy (non-hydrogen) atoms. The van der Waals surface area contributed by atoms with Gasteiger partial charge in [0.25, 0.3) is 0 Å². The SMILES string of the molecule is CC(C)[C@H](N)C(=O)NCCCC(=O)N(C)C.Cl. The molecule has 0 aromatic heterocycles. The Morgan fingerprint density at radius 3 is 2.24 bits per heavy atom. The van der Waals surface area contributed by atoms with Crippen molar-refractivity contribution in [2.45, 2.75) is 32.7 Å². The van der Waals surface area contributed by atoms with Gasteiger partial charge in [0.1, 0.15) is 0 Å². The Bertz CT molecular complexity index is 245. The zero-order chi connectivity index (χ0) is 12.7. The summed E-state index contributed by atoms with van der Waals surface area (Å²) in [7, 11) is 3.44. The van der Waals surface area contributed by atoms with Crippen LogP contribution >= 0.6 is 12.4 Å². The highest BCUT2D eigenvalue weighted by Crippen LogP contribution is 1.98. The molecule has 102 valence electrons. The smallest absolute Gasteiger partial charge is 0.237 e. The first-order valence-electron chi connectivity index (χ1n) is 5.59. The van der Waals surface area contributed by atoms with Crippen LogP contribution in [-0.4, -0.2) is 43.4 Å². The Kier molecular flexibility index (Phi) is 10.1. The van der Waals surface area contributed by atoms with Gasteiger partial charge in [-0.3, -0.25) is 9.59 Å². The Hall–Kier alpha value is -0.810. The molecule has 0 spiro atoms. The summed E-state index contributed by atoms with van der Waals surface area (Å²) in [6.45, 7) is 4.30. The maximum absolute atomic E-state index is 11.4. The lowest BCUT2D eigenvalue weighted by Gasteiger charge is -2.15. The third-order valence-electron chi connectivity index (χ3n) is 2.39. The topological polar surface area (TPSA) is 75.4 Å². The van der Waals surface area contributed by atoms with E-state index in [0.29, 0.717) is 19.4 Å². The molecule has 0 aromatic carbocycles. The van der Waals surface area contributed by atoms with Crippen LogP contribution in [0.2, 0.25) is 0 Å². The number of amides is 2. The molecule has 0 bridgehead atoms. The van der Waals surface area contributed by atoms with E-state index < -0.39 is 6.04 Å². The maximum atomic E-state index is 11.4. The molecule has 0 aliphatic heterocycles. The van der Waals surface area contributed by atoms with E-state index in [1.807, 2.05) is 13.8 Å². The molecule has 0 aliphatic carbocycles. The van der Waals surface area contributed by atoms with Gasteiger partial charge < -0.3 is 16.0 Å². The van der Waals surface area contributed by atoms with Gasteiger partial charge in [-0.25, -0.2) is 0 Å². The molecule has 0 saturated heterocycles. The summed E-state index contributed by atoms with van der Waals surface area (Å²) in [4.78, 5) is 24.2. The van der Waals surface area contributed by atoms with Crippen LogP contribution in [0.5, 0.6) is 0 Å². The second-order valence-corrected chi connectivity index (χ2v) is 4.45. The maximum Gasteiger partial charge on any atom is 0.237 e. The van der Waals surface area contributed by atoms with E-state index in [4.69, 9.17) is 5.73 Å². The number of halogens is 1. The molecular formula is C11H24ClN3O2. The lowest BCUT2D eigenvalue weighted by molar-refractivity contribution is -0.129. The highest BCUT2D eigenvalue weighted by Gasteiger charge is 2.16. The number of hydrogen-bond acceptors (Lipinski definition) is 3. The molecule has 0 rings (SSSR count). The van der Waals surface area contributed by atoms with Crippen LogP contribution < -0.4 is 11.1 Å². The third-order valence-corrected chi connectivity index (χ3v) is 2.39. The summed E-state index contributed by atoms with van der Waals surface area (Å²) in [6.07, 6.45) is 1.10. The van der Waals surface area contributed by atoms with Gasteiger partial charge in [-0.1, -0.05) is 13.8 Å². The molecule has 0 fully saturated rings. The molecule has 0 saturated carbocycles. The average Bonchev–Trinajstić information content (AvgIpc) is 2.22. The fraction of sp³-hybridized carbons (Fsp3) is 0.818. The minimum atomic E-state index is -0.468. The molecule has 5 nitrogen and oxygen atoms in total. The summed E-state index contributed by atoms with van der Waals surface area (Å²) in [5.41, 5.74) is 5.66. The lowest BCUT2D eigenvalue weighted by atomic mass is 10.1. The molecule has 2 amide bonds. The fourth-order valence-electron chi connectivity index (χ4n) is 1.10. The van der Waals surface area contributed by atoms with E-state index in [2.05, 4.69) is 5.32 Å². The second kappa shape index (κ2) is 9.24. The monoisotopic (exact) mass is 265 g/mol. The Morgan fingerprint density at radius 1 is 1.29 bits per heavy atom. The fourth-order valence-corrected chi connectivity index (χ4v) is 1.10. The normalized spacial score (nSPS) is 11.6. The lowest BCUT2D eigenvalue weighted by Crippen LogP contribution is -2.44. The van der Waals surface area contributed by atoms with Crippen molar-refractivity contribution in [2.24, 2.45) is 11.7 Å². The largest absolute Gasteiger partial charge is 0.355 e. The summed E-state index contributed by atoms with van der Waals surface area (Å²) in [5, 5.41) is 2.72. The Morgan fingerprint density at radius 2 is 1.82 bits per heavy atom. The number of nitrogens with zero attached hydrogens (tertiary/aromatic N) is 1. The van der Waals surface area contributed by atoms with Gasteiger partial charge >= 0.3 is 0 Å². The molecule has 3 N–H and O–H groups in total.